The third-order valence-corrected chi connectivity index (χ3v) is 17.3. The molecule has 1 unspecified atom stereocenters. The van der Waals surface area contributed by atoms with Crippen LogP contribution in [0.5, 0.6) is 0 Å². The number of carbonyl (C=O) groups excluding carboxylic acids is 1. The monoisotopic (exact) mass is 1130 g/mol. The molecule has 0 bridgehead atoms. The Morgan fingerprint density at radius 1 is 0.962 bits per heavy atom. The number of nitrogens with one attached hydrogen (secondary N) is 2. The van der Waals surface area contributed by atoms with Crippen molar-refractivity contribution in [2.75, 3.05) is 51.9 Å². The molecule has 3 aliphatic rings. The molecule has 3 fully saturated rings. The quantitative estimate of drug-likeness (QED) is 0.0349. The maximum Gasteiger partial charge on any atom is 0.341 e. The normalized spacial score (nSPS) is 37.3. The minimum atomic E-state index is -4.29. The van der Waals surface area contributed by atoms with Crippen molar-refractivity contribution >= 4 is 44.4 Å². The Hall–Kier alpha value is -3.96. The fourth-order valence-electron chi connectivity index (χ4n) is 11.6. The highest BCUT2D eigenvalue weighted by atomic mass is 32.2. The second-order valence-electron chi connectivity index (χ2n) is 22.4. The highest BCUT2D eigenvalue weighted by Gasteiger charge is 2.54. The van der Waals surface area contributed by atoms with Gasteiger partial charge in [-0.3, -0.25) is 13.8 Å². The van der Waals surface area contributed by atoms with Crippen LogP contribution >= 0.6 is 0 Å². The zero-order valence-electron chi connectivity index (χ0n) is 47.5. The molecule has 0 spiro atoms. The number of anilines is 1. The van der Waals surface area contributed by atoms with E-state index in [1.54, 1.807) is 48.5 Å². The number of aromatic nitrogens is 1. The van der Waals surface area contributed by atoms with Gasteiger partial charge in [0.25, 0.3) is 10.1 Å². The number of aliphatic hydroxyl groups is 4. The molecule has 444 valence electrons. The number of likely N-dealkylation sites (N-methyl/N-ethyl adjacent to an activating group) is 1. The number of cyclic esters (lactones) is 1. The average Bonchev–Trinajstić information content (AvgIpc) is 3.36. The summed E-state index contributed by atoms with van der Waals surface area (Å²) in [6.07, 6.45) is -10.4. The molecule has 3 saturated heterocycles. The summed E-state index contributed by atoms with van der Waals surface area (Å²) in [6.45, 7) is 18.3. The van der Waals surface area contributed by atoms with E-state index >= 15 is 4.39 Å². The molecule has 3 aliphatic heterocycles. The number of aromatic carboxylic acids is 1. The molecule has 0 aliphatic carbocycles. The van der Waals surface area contributed by atoms with E-state index in [-0.39, 0.29) is 61.8 Å². The molecular formula is C53H86FN5O18S. The number of carboxylic acid groups (broad SMARTS) is 1. The van der Waals surface area contributed by atoms with Gasteiger partial charge in [0.15, 0.2) is 12.6 Å². The Kier molecular flexibility index (Phi) is 21.9. The van der Waals surface area contributed by atoms with Crippen molar-refractivity contribution in [3.05, 3.63) is 39.9 Å². The fourth-order valence-corrected chi connectivity index (χ4v) is 12.7. The molecule has 1 aromatic carbocycles. The number of methoxy groups -OCH3 is 1. The first kappa shape index (κ1) is 64.9. The second kappa shape index (κ2) is 26.3. The largest absolute Gasteiger partial charge is 0.477 e. The Labute approximate surface area is 456 Å². The summed E-state index contributed by atoms with van der Waals surface area (Å²) in [4.78, 5) is 40.7. The van der Waals surface area contributed by atoms with Crippen molar-refractivity contribution in [1.29, 1.82) is 0 Å². The van der Waals surface area contributed by atoms with Crippen LogP contribution < -0.4 is 16.1 Å². The van der Waals surface area contributed by atoms with E-state index in [4.69, 9.17) is 32.6 Å². The van der Waals surface area contributed by atoms with Gasteiger partial charge < -0.3 is 79.3 Å². The molecule has 1 aromatic heterocycles. The van der Waals surface area contributed by atoms with Crippen LogP contribution in [0, 0.1) is 29.5 Å². The van der Waals surface area contributed by atoms with E-state index in [1.165, 1.54) is 44.7 Å². The van der Waals surface area contributed by atoms with Crippen LogP contribution in [-0.4, -0.2) is 197 Å². The predicted molar refractivity (Wildman–Crippen MR) is 285 cm³/mol. The molecule has 23 nitrogen and oxygen atoms in total. The number of hydrogen-bond acceptors (Lipinski definition) is 21. The molecule has 18 atom stereocenters. The van der Waals surface area contributed by atoms with Crippen molar-refractivity contribution in [2.24, 2.45) is 28.8 Å². The standard InChI is InChI=1S/C53H86FN5O18S/c1-15-39-53(11,67)45(62)29(5)41(57-68)27(3)24-51(9,66)46(76-50-43(61)38(58(12)13)21-28(4)72-50)30(6)44(31(7)49(65)74-39)75-40-25-52(10,71-14)47(32(8)73-40)77-78(69,70)20-19-55-17-18-56-36-23-37-33(22-35(36)54)42(60)34(48(63)64)26-59(37)16-2/h22-23,26-32,38-40,43-47,50,55-56,61-62,66-68H,15-21,24-25H2,1-14H3,(H,63,64)/b57-41+/t27-,28-,29+,30-,31-,32+,38?,39-,40+,43-,44+,45-,46-,47+,50+,51-,52-,53-/m1/s1. The first-order valence-corrected chi connectivity index (χ1v) is 28.4. The molecule has 5 rings (SSSR count). The first-order valence-electron chi connectivity index (χ1n) is 26.8. The number of hydrogen-bond donors (Lipinski definition) is 8. The average molecular weight is 1130 g/mol. The highest BCUT2D eigenvalue weighted by molar-refractivity contribution is 7.86. The Morgan fingerprint density at radius 2 is 1.63 bits per heavy atom. The lowest BCUT2D eigenvalue weighted by Gasteiger charge is -2.49. The SMILES string of the molecule is CC[C@H]1OC(=O)[C@H](C)[C@@H](O[C@H]2C[C@@](C)(OC)[C@@H](OS(=O)(=O)CCNCCNc3cc4c(cc3F)c(=O)c(C(=O)O)cn4CC)[C@H](C)O2)[C@@H](C)[C@@H](O[C@@H]2O[C@H](C)CC(N(C)C)[C@H]2O)[C@](C)(O)C[C@@H](C)/C(=N\O)[C@H](C)[C@@H](O)[C@]1(C)O. The van der Waals surface area contributed by atoms with E-state index in [0.717, 1.165) is 6.07 Å². The smallest absolute Gasteiger partial charge is 0.341 e. The van der Waals surface area contributed by atoms with Gasteiger partial charge in [0.1, 0.15) is 35.3 Å². The van der Waals surface area contributed by atoms with Crippen LogP contribution in [0.3, 0.4) is 0 Å². The van der Waals surface area contributed by atoms with Crippen molar-refractivity contribution < 1.29 is 85.7 Å². The lowest BCUT2D eigenvalue weighted by molar-refractivity contribution is -0.316. The summed E-state index contributed by atoms with van der Waals surface area (Å²) >= 11 is 0. The number of nitrogens with zero attached hydrogens (tertiary/aromatic N) is 3. The molecule has 25 heteroatoms. The minimum Gasteiger partial charge on any atom is -0.477 e. The third kappa shape index (κ3) is 14.6. The number of rotatable bonds is 18. The van der Waals surface area contributed by atoms with Crippen molar-refractivity contribution in [2.45, 2.75) is 193 Å². The van der Waals surface area contributed by atoms with E-state index in [1.807, 2.05) is 25.9 Å². The summed E-state index contributed by atoms with van der Waals surface area (Å²) < 4.78 is 87.9. The minimum absolute atomic E-state index is 0.0413. The van der Waals surface area contributed by atoms with Gasteiger partial charge in [0, 0.05) is 75.1 Å². The topological polar surface area (TPSA) is 316 Å². The number of esters is 1. The summed E-state index contributed by atoms with van der Waals surface area (Å²) in [5, 5.41) is 77.2. The van der Waals surface area contributed by atoms with E-state index < -0.39 is 146 Å². The maximum atomic E-state index is 15.2. The van der Waals surface area contributed by atoms with Crippen LogP contribution in [0.1, 0.15) is 112 Å². The number of aryl methyl sites for hydroxylation is 1. The molecule has 8 N–H and O–H groups in total. The molecule has 2 aromatic rings. The van der Waals surface area contributed by atoms with E-state index in [0.29, 0.717) is 18.5 Å². The van der Waals surface area contributed by atoms with Gasteiger partial charge >= 0.3 is 11.9 Å². The Morgan fingerprint density at radius 3 is 2.22 bits per heavy atom. The number of pyridine rings is 1. The zero-order chi connectivity index (χ0) is 58.6. The molecule has 4 heterocycles. The first-order chi connectivity index (χ1) is 36.3. The van der Waals surface area contributed by atoms with Gasteiger partial charge in [-0.25, -0.2) is 9.18 Å². The summed E-state index contributed by atoms with van der Waals surface area (Å²) in [7, 11) is 0.708. The lowest BCUT2D eigenvalue weighted by Crippen LogP contribution is -2.61. The van der Waals surface area contributed by atoms with Gasteiger partial charge in [0.05, 0.1) is 70.3 Å². The van der Waals surface area contributed by atoms with Crippen LogP contribution in [0.2, 0.25) is 0 Å². The predicted octanol–water partition coefficient (Wildman–Crippen LogP) is 3.27. The number of carbonyl (C=O) groups is 2. The van der Waals surface area contributed by atoms with Gasteiger partial charge in [-0.15, -0.1) is 0 Å². The van der Waals surface area contributed by atoms with Gasteiger partial charge in [-0.2, -0.15) is 8.42 Å². The maximum absolute atomic E-state index is 15.2. The summed E-state index contributed by atoms with van der Waals surface area (Å²) in [5.41, 5.74) is -6.22. The summed E-state index contributed by atoms with van der Waals surface area (Å²) in [5.74, 6) is -7.52. The van der Waals surface area contributed by atoms with Crippen molar-refractivity contribution in [3.8, 4) is 0 Å². The number of benzene rings is 1. The summed E-state index contributed by atoms with van der Waals surface area (Å²) in [6, 6.07) is 1.99. The van der Waals surface area contributed by atoms with Gasteiger partial charge in [0.2, 0.25) is 5.43 Å². The molecule has 0 radical (unpaired) electrons. The third-order valence-electron chi connectivity index (χ3n) is 16.1. The van der Waals surface area contributed by atoms with Crippen molar-refractivity contribution in [3.63, 3.8) is 0 Å². The van der Waals surface area contributed by atoms with Crippen LogP contribution in [0.25, 0.3) is 10.9 Å². The number of aliphatic hydroxyl groups excluding tert-OH is 2. The van der Waals surface area contributed by atoms with Crippen LogP contribution in [0.4, 0.5) is 10.1 Å². The number of ether oxygens (including phenoxy) is 6. The fraction of sp³-hybridized carbons (Fsp3) is 0.774. The van der Waals surface area contributed by atoms with Gasteiger partial charge in [-0.05, 0) is 94.0 Å². The van der Waals surface area contributed by atoms with Crippen LogP contribution in [-0.2, 0) is 54.1 Å². The van der Waals surface area contributed by atoms with E-state index in [9.17, 15) is 53.5 Å². The van der Waals surface area contributed by atoms with E-state index in [2.05, 4.69) is 15.8 Å². The zero-order valence-corrected chi connectivity index (χ0v) is 48.3. The second-order valence-corrected chi connectivity index (χ2v) is 24.1. The van der Waals surface area contributed by atoms with Gasteiger partial charge in [-0.1, -0.05) is 32.9 Å². The Bertz CT molecular complexity index is 2590. The number of carboxylic acids is 1. The molecular weight excluding hydrogens is 1050 g/mol. The highest BCUT2D eigenvalue weighted by Crippen LogP contribution is 2.42. The molecule has 0 saturated carbocycles. The number of oxime groups is 1. The lowest BCUT2D eigenvalue weighted by atomic mass is 9.73. The Balaban J connectivity index is 1.37. The van der Waals surface area contributed by atoms with Crippen molar-refractivity contribution in [1.82, 2.24) is 14.8 Å². The van der Waals surface area contributed by atoms with Crippen LogP contribution in [0.15, 0.2) is 28.3 Å². The molecule has 78 heavy (non-hydrogen) atoms. The number of halogens is 1. The number of fused-ring (bicyclic) bond motifs is 1. The molecule has 0 amide bonds.